The van der Waals surface area contributed by atoms with Gasteiger partial charge in [-0.2, -0.15) is 0 Å². The Morgan fingerprint density at radius 1 is 1.41 bits per heavy atom. The summed E-state index contributed by atoms with van der Waals surface area (Å²) < 4.78 is 12.7. The first-order chi connectivity index (χ1) is 8.15. The van der Waals surface area contributed by atoms with Gasteiger partial charge in [0.25, 0.3) is 0 Å². The van der Waals surface area contributed by atoms with Crippen LogP contribution < -0.4 is 0 Å². The van der Waals surface area contributed by atoms with E-state index in [0.717, 1.165) is 19.4 Å². The van der Waals surface area contributed by atoms with Crippen LogP contribution in [0.2, 0.25) is 0 Å². The van der Waals surface area contributed by atoms with Crippen molar-refractivity contribution in [3.8, 4) is 0 Å². The normalized spacial score (nSPS) is 21.4. The Balaban J connectivity index is 1.94. The van der Waals surface area contributed by atoms with E-state index in [9.17, 15) is 14.3 Å². The lowest BCUT2D eigenvalue weighted by molar-refractivity contribution is 0.0634. The number of piperidine rings is 1. The third-order valence-electron chi connectivity index (χ3n) is 3.01. The Labute approximate surface area is 99.9 Å². The number of halogens is 1. The quantitative estimate of drug-likeness (QED) is 0.809. The fraction of sp³-hybridized carbons (Fsp3) is 0.462. The van der Waals surface area contributed by atoms with Crippen molar-refractivity contribution in [2.45, 2.75) is 18.9 Å². The SMILES string of the molecule is O=C(CN1CCC[C@@H](O)C1)c1ccc(F)cc1. The largest absolute Gasteiger partial charge is 0.392 e. The van der Waals surface area contributed by atoms with Crippen LogP contribution in [0.15, 0.2) is 24.3 Å². The summed E-state index contributed by atoms with van der Waals surface area (Å²) in [7, 11) is 0. The van der Waals surface area contributed by atoms with Crippen LogP contribution in [0.1, 0.15) is 23.2 Å². The number of likely N-dealkylation sites (tertiary alicyclic amines) is 1. The fourth-order valence-electron chi connectivity index (χ4n) is 2.10. The molecule has 0 unspecified atom stereocenters. The summed E-state index contributed by atoms with van der Waals surface area (Å²) >= 11 is 0. The molecule has 92 valence electrons. The van der Waals surface area contributed by atoms with E-state index in [1.807, 2.05) is 4.90 Å². The molecule has 0 aliphatic carbocycles. The van der Waals surface area contributed by atoms with E-state index in [2.05, 4.69) is 0 Å². The van der Waals surface area contributed by atoms with Crippen LogP contribution in [-0.4, -0.2) is 41.5 Å². The molecule has 0 saturated carbocycles. The third kappa shape index (κ3) is 3.35. The molecule has 17 heavy (non-hydrogen) atoms. The number of benzene rings is 1. The zero-order valence-corrected chi connectivity index (χ0v) is 9.60. The molecule has 4 heteroatoms. The number of ketones is 1. The summed E-state index contributed by atoms with van der Waals surface area (Å²) in [5.41, 5.74) is 0.520. The highest BCUT2D eigenvalue weighted by atomic mass is 19.1. The van der Waals surface area contributed by atoms with Crippen molar-refractivity contribution in [2.24, 2.45) is 0 Å². The van der Waals surface area contributed by atoms with Gasteiger partial charge in [-0.25, -0.2) is 4.39 Å². The van der Waals surface area contributed by atoms with Gasteiger partial charge in [-0.3, -0.25) is 9.69 Å². The number of aliphatic hydroxyl groups excluding tert-OH is 1. The highest BCUT2D eigenvalue weighted by Crippen LogP contribution is 2.11. The molecule has 3 nitrogen and oxygen atoms in total. The van der Waals surface area contributed by atoms with Gasteiger partial charge in [0.1, 0.15) is 5.82 Å². The van der Waals surface area contributed by atoms with E-state index in [1.54, 1.807) is 0 Å². The van der Waals surface area contributed by atoms with Crippen LogP contribution in [0.5, 0.6) is 0 Å². The van der Waals surface area contributed by atoms with E-state index < -0.39 is 0 Å². The maximum atomic E-state index is 12.7. The molecule has 1 atom stereocenters. The van der Waals surface area contributed by atoms with Crippen molar-refractivity contribution in [1.82, 2.24) is 4.90 Å². The molecule has 1 N–H and O–H groups in total. The molecule has 0 radical (unpaired) electrons. The summed E-state index contributed by atoms with van der Waals surface area (Å²) in [5.74, 6) is -0.367. The second-order valence-corrected chi connectivity index (χ2v) is 4.46. The number of nitrogens with zero attached hydrogens (tertiary/aromatic N) is 1. The Kier molecular flexibility index (Phi) is 3.86. The zero-order valence-electron chi connectivity index (χ0n) is 9.60. The Morgan fingerprint density at radius 2 is 2.12 bits per heavy atom. The number of Topliss-reactive ketones (excluding diaryl/α,β-unsaturated/α-hetero) is 1. The number of carbonyl (C=O) groups excluding carboxylic acids is 1. The highest BCUT2D eigenvalue weighted by Gasteiger charge is 2.20. The average molecular weight is 237 g/mol. The lowest BCUT2D eigenvalue weighted by atomic mass is 10.1. The maximum absolute atomic E-state index is 12.7. The number of hydrogen-bond acceptors (Lipinski definition) is 3. The van der Waals surface area contributed by atoms with Crippen molar-refractivity contribution in [3.63, 3.8) is 0 Å². The summed E-state index contributed by atoms with van der Waals surface area (Å²) in [6.07, 6.45) is 1.39. The second kappa shape index (κ2) is 5.38. The molecule has 2 rings (SSSR count). The lowest BCUT2D eigenvalue weighted by Crippen LogP contribution is -2.41. The smallest absolute Gasteiger partial charge is 0.176 e. The molecule has 1 aromatic carbocycles. The van der Waals surface area contributed by atoms with Gasteiger partial charge in [-0.1, -0.05) is 0 Å². The van der Waals surface area contributed by atoms with E-state index in [-0.39, 0.29) is 17.7 Å². The zero-order chi connectivity index (χ0) is 12.3. The standard InChI is InChI=1S/C13H16FNO2/c14-11-5-3-10(4-6-11)13(17)9-15-7-1-2-12(16)8-15/h3-6,12,16H,1-2,7-9H2/t12-/m1/s1. The monoisotopic (exact) mass is 237 g/mol. The minimum absolute atomic E-state index is 0.0286. The molecular weight excluding hydrogens is 221 g/mol. The molecule has 1 saturated heterocycles. The van der Waals surface area contributed by atoms with Gasteiger partial charge in [0.05, 0.1) is 12.6 Å². The van der Waals surface area contributed by atoms with Gasteiger partial charge in [0.2, 0.25) is 0 Å². The van der Waals surface area contributed by atoms with Gasteiger partial charge < -0.3 is 5.11 Å². The molecule has 0 aromatic heterocycles. The molecule has 0 bridgehead atoms. The summed E-state index contributed by atoms with van der Waals surface area (Å²) in [4.78, 5) is 13.8. The molecule has 0 amide bonds. The van der Waals surface area contributed by atoms with Crippen LogP contribution in [0.4, 0.5) is 4.39 Å². The topological polar surface area (TPSA) is 40.5 Å². The van der Waals surface area contributed by atoms with Crippen molar-refractivity contribution >= 4 is 5.78 Å². The van der Waals surface area contributed by atoms with Gasteiger partial charge in [-0.15, -0.1) is 0 Å². The van der Waals surface area contributed by atoms with Crippen molar-refractivity contribution in [3.05, 3.63) is 35.6 Å². The molecule has 1 fully saturated rings. The molecule has 1 aliphatic heterocycles. The maximum Gasteiger partial charge on any atom is 0.176 e. The predicted octanol–water partition coefficient (Wildman–Crippen LogP) is 1.47. The van der Waals surface area contributed by atoms with Crippen molar-refractivity contribution in [1.29, 1.82) is 0 Å². The Morgan fingerprint density at radius 3 is 2.76 bits per heavy atom. The Bertz CT molecular complexity index is 391. The van der Waals surface area contributed by atoms with Crippen molar-refractivity contribution in [2.75, 3.05) is 19.6 Å². The summed E-state index contributed by atoms with van der Waals surface area (Å²) in [6.45, 7) is 1.68. The van der Waals surface area contributed by atoms with Gasteiger partial charge in [0.15, 0.2) is 5.78 Å². The van der Waals surface area contributed by atoms with Crippen LogP contribution >= 0.6 is 0 Å². The minimum Gasteiger partial charge on any atom is -0.392 e. The predicted molar refractivity (Wildman–Crippen MR) is 62.4 cm³/mol. The van der Waals surface area contributed by atoms with Gasteiger partial charge >= 0.3 is 0 Å². The van der Waals surface area contributed by atoms with E-state index >= 15 is 0 Å². The first-order valence-electron chi connectivity index (χ1n) is 5.84. The van der Waals surface area contributed by atoms with Crippen LogP contribution in [0.25, 0.3) is 0 Å². The first-order valence-corrected chi connectivity index (χ1v) is 5.84. The summed E-state index contributed by atoms with van der Waals surface area (Å²) in [5, 5.41) is 9.50. The minimum atomic E-state index is -0.338. The molecular formula is C13H16FNO2. The first kappa shape index (κ1) is 12.2. The number of aliphatic hydroxyl groups is 1. The fourth-order valence-corrected chi connectivity index (χ4v) is 2.10. The van der Waals surface area contributed by atoms with Gasteiger partial charge in [0, 0.05) is 12.1 Å². The molecule has 1 aromatic rings. The lowest BCUT2D eigenvalue weighted by Gasteiger charge is -2.29. The van der Waals surface area contributed by atoms with Crippen LogP contribution in [0, 0.1) is 5.82 Å². The van der Waals surface area contributed by atoms with Crippen molar-refractivity contribution < 1.29 is 14.3 Å². The Hall–Kier alpha value is -1.26. The van der Waals surface area contributed by atoms with E-state index in [1.165, 1.54) is 24.3 Å². The van der Waals surface area contributed by atoms with Gasteiger partial charge in [-0.05, 0) is 43.7 Å². The third-order valence-corrected chi connectivity index (χ3v) is 3.01. The summed E-state index contributed by atoms with van der Waals surface area (Å²) in [6, 6.07) is 5.58. The number of carbonyl (C=O) groups is 1. The second-order valence-electron chi connectivity index (χ2n) is 4.46. The molecule has 1 aliphatic rings. The van der Waals surface area contributed by atoms with E-state index in [0.29, 0.717) is 18.7 Å². The highest BCUT2D eigenvalue weighted by molar-refractivity contribution is 5.97. The number of hydrogen-bond donors (Lipinski definition) is 1. The number of rotatable bonds is 3. The van der Waals surface area contributed by atoms with Crippen LogP contribution in [0.3, 0.4) is 0 Å². The van der Waals surface area contributed by atoms with E-state index in [4.69, 9.17) is 0 Å². The molecule has 0 spiro atoms. The number of β-amino-alcohol motifs (C(OH)–C–C–N with tert-alkyl or cyclic N) is 1. The average Bonchev–Trinajstić information content (AvgIpc) is 2.29. The molecule has 1 heterocycles. The van der Waals surface area contributed by atoms with Crippen LogP contribution in [-0.2, 0) is 0 Å².